The van der Waals surface area contributed by atoms with Gasteiger partial charge in [0.1, 0.15) is 0 Å². The molecule has 1 N–H and O–H groups in total. The van der Waals surface area contributed by atoms with Gasteiger partial charge < -0.3 is 4.74 Å². The molecule has 0 bridgehead atoms. The molecular formula is C16H16ClN5O3. The Labute approximate surface area is 147 Å². The molecule has 3 aromatic rings. The standard InChI is InChI=1S/C16H16ClN5O3/c1-3-4-7-25-16(24)20-14-13(23)12-15(22(2)21-14)19-10-6-5-9(17)8-11(10)18-12/h5-6,8H,3-4,7H2,1-2H3,(H,20,21,24). The van der Waals surface area contributed by atoms with Crippen LogP contribution in [0.4, 0.5) is 10.6 Å². The van der Waals surface area contributed by atoms with E-state index in [-0.39, 0.29) is 17.9 Å². The lowest BCUT2D eigenvalue weighted by molar-refractivity contribution is 0.159. The lowest BCUT2D eigenvalue weighted by Gasteiger charge is -2.09. The minimum absolute atomic E-state index is 0.0936. The number of unbranched alkanes of at least 4 members (excludes halogenated alkanes) is 1. The predicted octanol–water partition coefficient (Wildman–Crippen LogP) is 2.88. The molecule has 2 aromatic heterocycles. The Kier molecular flexibility index (Phi) is 4.80. The van der Waals surface area contributed by atoms with E-state index in [0.29, 0.717) is 21.7 Å². The molecule has 0 aliphatic carbocycles. The summed E-state index contributed by atoms with van der Waals surface area (Å²) in [5, 5.41) is 6.91. The second-order valence-corrected chi connectivity index (χ2v) is 5.88. The molecule has 1 aromatic carbocycles. The van der Waals surface area contributed by atoms with Gasteiger partial charge in [0, 0.05) is 12.1 Å². The number of amides is 1. The van der Waals surface area contributed by atoms with Crippen molar-refractivity contribution in [1.82, 2.24) is 19.7 Å². The number of nitrogens with zero attached hydrogens (tertiary/aromatic N) is 4. The van der Waals surface area contributed by atoms with Gasteiger partial charge in [-0.25, -0.2) is 19.4 Å². The van der Waals surface area contributed by atoms with E-state index in [9.17, 15) is 9.59 Å². The van der Waals surface area contributed by atoms with Crippen molar-refractivity contribution in [2.24, 2.45) is 7.05 Å². The van der Waals surface area contributed by atoms with E-state index in [2.05, 4.69) is 20.4 Å². The third kappa shape index (κ3) is 3.53. The number of halogens is 1. The molecule has 8 nitrogen and oxygen atoms in total. The smallest absolute Gasteiger partial charge is 0.412 e. The molecule has 0 aliphatic heterocycles. The maximum Gasteiger partial charge on any atom is 0.412 e. The fraction of sp³-hybridized carbons (Fsp3) is 0.312. The highest BCUT2D eigenvalue weighted by molar-refractivity contribution is 6.31. The molecule has 0 aliphatic rings. The van der Waals surface area contributed by atoms with Gasteiger partial charge >= 0.3 is 6.09 Å². The topological polar surface area (TPSA) is 99.0 Å². The average Bonchev–Trinajstić information content (AvgIpc) is 2.58. The van der Waals surface area contributed by atoms with Crippen LogP contribution in [-0.4, -0.2) is 32.4 Å². The second-order valence-electron chi connectivity index (χ2n) is 5.44. The van der Waals surface area contributed by atoms with Crippen LogP contribution in [0.25, 0.3) is 22.2 Å². The summed E-state index contributed by atoms with van der Waals surface area (Å²) >= 11 is 5.96. The van der Waals surface area contributed by atoms with E-state index < -0.39 is 11.5 Å². The number of hydrogen-bond acceptors (Lipinski definition) is 6. The van der Waals surface area contributed by atoms with Crippen LogP contribution < -0.4 is 10.7 Å². The third-order valence-electron chi connectivity index (χ3n) is 3.55. The Morgan fingerprint density at radius 3 is 2.88 bits per heavy atom. The first-order valence-corrected chi connectivity index (χ1v) is 8.15. The normalized spacial score (nSPS) is 11.0. The van der Waals surface area contributed by atoms with Gasteiger partial charge in [0.15, 0.2) is 11.2 Å². The Morgan fingerprint density at radius 1 is 1.32 bits per heavy atom. The van der Waals surface area contributed by atoms with E-state index >= 15 is 0 Å². The quantitative estimate of drug-likeness (QED) is 0.566. The number of nitrogens with one attached hydrogen (secondary N) is 1. The number of benzene rings is 1. The predicted molar refractivity (Wildman–Crippen MR) is 95.0 cm³/mol. The number of ether oxygens (including phenoxy) is 1. The highest BCUT2D eigenvalue weighted by Crippen LogP contribution is 2.18. The van der Waals surface area contributed by atoms with Crippen LogP contribution in [0.15, 0.2) is 23.0 Å². The number of aryl methyl sites for hydroxylation is 1. The van der Waals surface area contributed by atoms with Gasteiger partial charge in [0.05, 0.1) is 17.6 Å². The zero-order valence-corrected chi connectivity index (χ0v) is 14.5. The van der Waals surface area contributed by atoms with Crippen LogP contribution in [0, 0.1) is 0 Å². The number of fused-ring (bicyclic) bond motifs is 2. The molecule has 130 valence electrons. The maximum atomic E-state index is 12.6. The van der Waals surface area contributed by atoms with Gasteiger partial charge in [-0.1, -0.05) is 24.9 Å². The first-order chi connectivity index (χ1) is 12.0. The molecule has 0 fully saturated rings. The number of rotatable bonds is 4. The molecule has 0 spiro atoms. The number of anilines is 1. The van der Waals surface area contributed by atoms with Crippen LogP contribution in [0.2, 0.25) is 5.02 Å². The van der Waals surface area contributed by atoms with Crippen molar-refractivity contribution in [1.29, 1.82) is 0 Å². The molecule has 0 saturated heterocycles. The minimum atomic E-state index is -0.728. The van der Waals surface area contributed by atoms with Crippen molar-refractivity contribution in [2.75, 3.05) is 11.9 Å². The van der Waals surface area contributed by atoms with E-state index in [0.717, 1.165) is 12.8 Å². The zero-order valence-electron chi connectivity index (χ0n) is 13.7. The first-order valence-electron chi connectivity index (χ1n) is 7.77. The number of aromatic nitrogens is 4. The fourth-order valence-corrected chi connectivity index (χ4v) is 2.44. The van der Waals surface area contributed by atoms with Crippen LogP contribution in [0.5, 0.6) is 0 Å². The Morgan fingerprint density at radius 2 is 2.12 bits per heavy atom. The Bertz CT molecular complexity index is 1020. The molecule has 0 saturated carbocycles. The summed E-state index contributed by atoms with van der Waals surface area (Å²) < 4.78 is 6.38. The Hall–Kier alpha value is -2.74. The van der Waals surface area contributed by atoms with Crippen molar-refractivity contribution in [3.8, 4) is 0 Å². The van der Waals surface area contributed by atoms with Gasteiger partial charge in [-0.05, 0) is 24.6 Å². The summed E-state index contributed by atoms with van der Waals surface area (Å²) in [4.78, 5) is 33.1. The lowest BCUT2D eigenvalue weighted by Crippen LogP contribution is -2.24. The second kappa shape index (κ2) is 7.02. The third-order valence-corrected chi connectivity index (χ3v) is 3.78. The van der Waals surface area contributed by atoms with Crippen molar-refractivity contribution in [2.45, 2.75) is 19.8 Å². The average molecular weight is 362 g/mol. The summed E-state index contributed by atoms with van der Waals surface area (Å²) in [6, 6.07) is 5.03. The van der Waals surface area contributed by atoms with E-state index in [1.165, 1.54) is 4.68 Å². The number of carbonyl (C=O) groups excluding carboxylic acids is 1. The molecule has 0 unspecified atom stereocenters. The molecule has 1 amide bonds. The summed E-state index contributed by atoms with van der Waals surface area (Å²) in [7, 11) is 1.62. The molecule has 2 heterocycles. The van der Waals surface area contributed by atoms with Crippen LogP contribution in [0.1, 0.15) is 19.8 Å². The fourth-order valence-electron chi connectivity index (χ4n) is 2.27. The molecule has 0 radical (unpaired) electrons. The van der Waals surface area contributed by atoms with E-state index in [4.69, 9.17) is 16.3 Å². The van der Waals surface area contributed by atoms with Gasteiger partial charge in [-0.2, -0.15) is 0 Å². The summed E-state index contributed by atoms with van der Waals surface area (Å²) in [6.45, 7) is 2.26. The highest BCUT2D eigenvalue weighted by Gasteiger charge is 2.15. The van der Waals surface area contributed by atoms with Crippen molar-refractivity contribution in [3.05, 3.63) is 33.4 Å². The SMILES string of the molecule is CCCCOC(=O)Nc1nn(C)c2nc3ccc(Cl)cc3nc2c1=O. The maximum absolute atomic E-state index is 12.6. The first kappa shape index (κ1) is 17.1. The van der Waals surface area contributed by atoms with Crippen molar-refractivity contribution >= 4 is 45.7 Å². The van der Waals surface area contributed by atoms with E-state index in [1.54, 1.807) is 25.2 Å². The van der Waals surface area contributed by atoms with Gasteiger partial charge in [-0.15, -0.1) is 5.10 Å². The highest BCUT2D eigenvalue weighted by atomic mass is 35.5. The zero-order chi connectivity index (χ0) is 18.0. The number of hydrogen-bond donors (Lipinski definition) is 1. The monoisotopic (exact) mass is 361 g/mol. The van der Waals surface area contributed by atoms with Crippen LogP contribution in [-0.2, 0) is 11.8 Å². The molecule has 9 heteroatoms. The van der Waals surface area contributed by atoms with Gasteiger partial charge in [0.25, 0.3) is 5.43 Å². The molecule has 3 rings (SSSR count). The van der Waals surface area contributed by atoms with Crippen LogP contribution in [0.3, 0.4) is 0 Å². The van der Waals surface area contributed by atoms with Gasteiger partial charge in [-0.3, -0.25) is 10.1 Å². The summed E-state index contributed by atoms with van der Waals surface area (Å²) in [6.07, 6.45) is 0.915. The lowest BCUT2D eigenvalue weighted by atomic mass is 10.3. The van der Waals surface area contributed by atoms with Crippen molar-refractivity contribution in [3.63, 3.8) is 0 Å². The summed E-state index contributed by atoms with van der Waals surface area (Å²) in [5.41, 5.74) is 0.948. The minimum Gasteiger partial charge on any atom is -0.449 e. The molecule has 0 atom stereocenters. The summed E-state index contributed by atoms with van der Waals surface area (Å²) in [5.74, 6) is -0.160. The van der Waals surface area contributed by atoms with Crippen molar-refractivity contribution < 1.29 is 9.53 Å². The number of carbonyl (C=O) groups is 1. The van der Waals surface area contributed by atoms with Crippen LogP contribution >= 0.6 is 11.6 Å². The largest absolute Gasteiger partial charge is 0.449 e. The molecule has 25 heavy (non-hydrogen) atoms. The molecular weight excluding hydrogens is 346 g/mol. The van der Waals surface area contributed by atoms with E-state index in [1.807, 2.05) is 6.92 Å². The Balaban J connectivity index is 2.03. The van der Waals surface area contributed by atoms with Gasteiger partial charge in [0.2, 0.25) is 5.82 Å².